The lowest BCUT2D eigenvalue weighted by molar-refractivity contribution is -0.141. The number of hydrogen-bond donors (Lipinski definition) is 0. The second-order valence-corrected chi connectivity index (χ2v) is 6.88. The van der Waals surface area contributed by atoms with Crippen molar-refractivity contribution in [3.63, 3.8) is 0 Å². The Morgan fingerprint density at radius 3 is 2.46 bits per heavy atom. The molecule has 24 heavy (non-hydrogen) atoms. The molecule has 2 aromatic rings. The summed E-state index contributed by atoms with van der Waals surface area (Å²) in [5, 5.41) is 0. The topological polar surface area (TPSA) is 30.0 Å². The van der Waals surface area contributed by atoms with Crippen LogP contribution in [0.5, 0.6) is 0 Å². The van der Waals surface area contributed by atoms with Gasteiger partial charge in [-0.1, -0.05) is 44.2 Å². The molecule has 126 valence electrons. The number of ketones is 1. The van der Waals surface area contributed by atoms with Crippen molar-refractivity contribution >= 4 is 5.78 Å². The van der Waals surface area contributed by atoms with Gasteiger partial charge in [-0.05, 0) is 34.6 Å². The third kappa shape index (κ3) is 3.07. The first-order chi connectivity index (χ1) is 11.2. The summed E-state index contributed by atoms with van der Waals surface area (Å²) in [6.07, 6.45) is -3.38. The first kappa shape index (κ1) is 16.7. The van der Waals surface area contributed by atoms with E-state index in [0.717, 1.165) is 17.8 Å². The van der Waals surface area contributed by atoms with Gasteiger partial charge in [0.25, 0.3) is 0 Å². The number of hydrogen-bond acceptors (Lipinski definition) is 2. The van der Waals surface area contributed by atoms with Crippen LogP contribution in [0.1, 0.15) is 36.6 Å². The van der Waals surface area contributed by atoms with Crippen molar-refractivity contribution in [2.75, 3.05) is 0 Å². The van der Waals surface area contributed by atoms with Gasteiger partial charge in [0.1, 0.15) is 11.5 Å². The fourth-order valence-electron chi connectivity index (χ4n) is 3.57. The zero-order valence-corrected chi connectivity index (χ0v) is 13.5. The zero-order valence-electron chi connectivity index (χ0n) is 13.5. The summed E-state index contributed by atoms with van der Waals surface area (Å²) in [7, 11) is 0. The lowest BCUT2D eigenvalue weighted by Crippen LogP contribution is -2.12. The molecule has 0 saturated heterocycles. The Labute approximate surface area is 138 Å². The molecule has 0 N–H and O–H groups in total. The van der Waals surface area contributed by atoms with Crippen LogP contribution in [0.4, 0.5) is 13.2 Å². The number of aromatic nitrogens is 1. The monoisotopic (exact) mass is 333 g/mol. The number of halogens is 3. The van der Waals surface area contributed by atoms with Crippen LogP contribution in [0.3, 0.4) is 0 Å². The highest BCUT2D eigenvalue weighted by Gasteiger charge is 2.61. The zero-order chi connectivity index (χ0) is 17.5. The number of Topliss-reactive ketones (excluding diaryl/α,β-unsaturated/α-hetero) is 1. The van der Waals surface area contributed by atoms with Gasteiger partial charge in [-0.25, -0.2) is 0 Å². The lowest BCUT2D eigenvalue weighted by Gasteiger charge is -2.07. The molecule has 1 aliphatic rings. The number of rotatable bonds is 4. The Bertz CT molecular complexity index is 753. The minimum Gasteiger partial charge on any atom is -0.299 e. The van der Waals surface area contributed by atoms with Crippen LogP contribution in [-0.4, -0.2) is 10.8 Å². The smallest absolute Gasteiger partial charge is 0.299 e. The van der Waals surface area contributed by atoms with Gasteiger partial charge in [-0.15, -0.1) is 0 Å². The third-order valence-corrected chi connectivity index (χ3v) is 4.83. The van der Waals surface area contributed by atoms with Gasteiger partial charge in [0.2, 0.25) is 0 Å². The number of pyridine rings is 1. The normalized spacial score (nSPS) is 22.2. The van der Waals surface area contributed by atoms with E-state index < -0.39 is 11.9 Å². The summed E-state index contributed by atoms with van der Waals surface area (Å²) in [6.45, 7) is 4.06. The minimum absolute atomic E-state index is 0.00301. The standard InChI is InChI=1S/C19H18F3NO/c1-18(2)16(13-6-4-3-5-7-13)17(18)14(24)10-12-8-9-23-15(11-12)19(20,21)22/h3-9,11,16-17H,10H2,1-2H3/t16-,17-/m1/s1. The fourth-order valence-corrected chi connectivity index (χ4v) is 3.57. The number of alkyl halides is 3. The van der Waals surface area contributed by atoms with Crippen molar-refractivity contribution in [3.8, 4) is 0 Å². The second-order valence-electron chi connectivity index (χ2n) is 6.88. The van der Waals surface area contributed by atoms with Crippen LogP contribution in [0.15, 0.2) is 48.7 Å². The van der Waals surface area contributed by atoms with E-state index in [1.54, 1.807) is 0 Å². The minimum atomic E-state index is -4.50. The molecule has 1 fully saturated rings. The van der Waals surface area contributed by atoms with E-state index >= 15 is 0 Å². The number of carbonyl (C=O) groups is 1. The van der Waals surface area contributed by atoms with E-state index in [0.29, 0.717) is 5.56 Å². The molecule has 0 bridgehead atoms. The molecule has 2 atom stereocenters. The lowest BCUT2D eigenvalue weighted by atomic mass is 10.0. The molecule has 1 aromatic carbocycles. The molecular weight excluding hydrogens is 315 g/mol. The van der Waals surface area contributed by atoms with E-state index in [-0.39, 0.29) is 29.5 Å². The summed E-state index contributed by atoms with van der Waals surface area (Å²) < 4.78 is 38.2. The molecule has 1 aliphatic carbocycles. The number of carbonyl (C=O) groups excluding carboxylic acids is 1. The maximum atomic E-state index is 12.7. The average Bonchev–Trinajstić information content (AvgIpc) is 3.10. The largest absolute Gasteiger partial charge is 0.433 e. The number of benzene rings is 1. The molecule has 5 heteroatoms. The van der Waals surface area contributed by atoms with Gasteiger partial charge in [0.05, 0.1) is 0 Å². The van der Waals surface area contributed by atoms with Gasteiger partial charge >= 0.3 is 6.18 Å². The van der Waals surface area contributed by atoms with Gasteiger partial charge in [-0.3, -0.25) is 9.78 Å². The molecular formula is C19H18F3NO. The summed E-state index contributed by atoms with van der Waals surface area (Å²) in [4.78, 5) is 16.0. The Hall–Kier alpha value is -2.17. The highest BCUT2D eigenvalue weighted by atomic mass is 19.4. The molecule has 3 rings (SSSR count). The molecule has 2 nitrogen and oxygen atoms in total. The van der Waals surface area contributed by atoms with Crippen LogP contribution >= 0.6 is 0 Å². The molecule has 0 aliphatic heterocycles. The van der Waals surface area contributed by atoms with E-state index in [1.807, 2.05) is 44.2 Å². The quantitative estimate of drug-likeness (QED) is 0.815. The van der Waals surface area contributed by atoms with Crippen LogP contribution in [0.2, 0.25) is 0 Å². The molecule has 0 radical (unpaired) electrons. The first-order valence-electron chi connectivity index (χ1n) is 7.81. The van der Waals surface area contributed by atoms with E-state index in [1.165, 1.54) is 6.07 Å². The fraction of sp³-hybridized carbons (Fsp3) is 0.368. The highest BCUT2D eigenvalue weighted by Crippen LogP contribution is 2.64. The van der Waals surface area contributed by atoms with Crippen molar-refractivity contribution in [2.24, 2.45) is 11.3 Å². The van der Waals surface area contributed by atoms with Gasteiger partial charge < -0.3 is 0 Å². The average molecular weight is 333 g/mol. The van der Waals surface area contributed by atoms with Gasteiger partial charge in [0.15, 0.2) is 0 Å². The van der Waals surface area contributed by atoms with Crippen molar-refractivity contribution in [3.05, 3.63) is 65.5 Å². The molecule has 0 amide bonds. The summed E-state index contributed by atoms with van der Waals surface area (Å²) in [5.74, 6) is -0.0642. The van der Waals surface area contributed by atoms with E-state index in [4.69, 9.17) is 0 Å². The summed E-state index contributed by atoms with van der Waals surface area (Å²) in [5.41, 5.74) is 0.337. The Kier molecular flexibility index (Phi) is 3.98. The molecule has 0 unspecified atom stereocenters. The maximum Gasteiger partial charge on any atom is 0.433 e. The first-order valence-corrected chi connectivity index (χ1v) is 7.81. The van der Waals surface area contributed by atoms with Crippen molar-refractivity contribution < 1.29 is 18.0 Å². The Morgan fingerprint density at radius 1 is 1.17 bits per heavy atom. The Morgan fingerprint density at radius 2 is 1.83 bits per heavy atom. The van der Waals surface area contributed by atoms with Gasteiger partial charge in [0, 0.05) is 18.5 Å². The predicted molar refractivity (Wildman–Crippen MR) is 84.4 cm³/mol. The molecule has 0 spiro atoms. The maximum absolute atomic E-state index is 12.7. The summed E-state index contributed by atoms with van der Waals surface area (Å²) in [6, 6.07) is 12.2. The van der Waals surface area contributed by atoms with Gasteiger partial charge in [-0.2, -0.15) is 13.2 Å². The third-order valence-electron chi connectivity index (χ3n) is 4.83. The van der Waals surface area contributed by atoms with Crippen LogP contribution < -0.4 is 0 Å². The Balaban J connectivity index is 1.77. The van der Waals surface area contributed by atoms with E-state index in [9.17, 15) is 18.0 Å². The molecule has 1 heterocycles. The highest BCUT2D eigenvalue weighted by molar-refractivity contribution is 5.88. The van der Waals surface area contributed by atoms with Crippen molar-refractivity contribution in [1.82, 2.24) is 4.98 Å². The van der Waals surface area contributed by atoms with Crippen LogP contribution in [0, 0.1) is 11.3 Å². The molecule has 1 saturated carbocycles. The number of nitrogens with zero attached hydrogens (tertiary/aromatic N) is 1. The van der Waals surface area contributed by atoms with Crippen molar-refractivity contribution in [2.45, 2.75) is 32.4 Å². The summed E-state index contributed by atoms with van der Waals surface area (Å²) >= 11 is 0. The van der Waals surface area contributed by atoms with E-state index in [2.05, 4.69) is 4.98 Å². The SMILES string of the molecule is CC1(C)[C@H](C(=O)Cc2ccnc(C(F)(F)F)c2)[C@H]1c1ccccc1. The van der Waals surface area contributed by atoms with Crippen LogP contribution in [-0.2, 0) is 17.4 Å². The van der Waals surface area contributed by atoms with Crippen LogP contribution in [0.25, 0.3) is 0 Å². The molecule has 1 aromatic heterocycles. The predicted octanol–water partition coefficient (Wildman–Crippen LogP) is 4.65. The second kappa shape index (κ2) is 5.72. The van der Waals surface area contributed by atoms with Crippen molar-refractivity contribution in [1.29, 1.82) is 0 Å².